The molecule has 2 aliphatic heterocycles. The predicted octanol–water partition coefficient (Wildman–Crippen LogP) is 3.31. The Balaban J connectivity index is 1.76. The summed E-state index contributed by atoms with van der Waals surface area (Å²) in [5, 5.41) is 1.94. The second-order valence-corrected chi connectivity index (χ2v) is 6.81. The lowest BCUT2D eigenvalue weighted by atomic mass is 9.98. The van der Waals surface area contributed by atoms with Gasteiger partial charge in [0.1, 0.15) is 0 Å². The topological polar surface area (TPSA) is 77.1 Å². The summed E-state index contributed by atoms with van der Waals surface area (Å²) < 4.78 is 56.0. The first-order chi connectivity index (χ1) is 13.1. The van der Waals surface area contributed by atoms with Crippen LogP contribution in [0, 0.1) is 5.92 Å². The van der Waals surface area contributed by atoms with Gasteiger partial charge in [0.2, 0.25) is 0 Å². The minimum absolute atomic E-state index is 0.0582. The van der Waals surface area contributed by atoms with E-state index in [0.29, 0.717) is 12.8 Å². The van der Waals surface area contributed by atoms with Gasteiger partial charge in [-0.1, -0.05) is 11.6 Å². The molecule has 154 valence electrons. The van der Waals surface area contributed by atoms with Crippen molar-refractivity contribution in [2.75, 3.05) is 19.7 Å². The summed E-state index contributed by atoms with van der Waals surface area (Å²) >= 11 is 5.77. The molecule has 1 saturated heterocycles. The van der Waals surface area contributed by atoms with Crippen LogP contribution in [0.2, 0.25) is 5.02 Å². The van der Waals surface area contributed by atoms with Crippen LogP contribution in [0.15, 0.2) is 18.2 Å². The minimum Gasteiger partial charge on any atom is -0.466 e. The second kappa shape index (κ2) is 7.57. The number of carbonyl (C=O) groups excluding carboxylic acids is 2. The van der Waals surface area contributed by atoms with Crippen molar-refractivity contribution in [3.8, 4) is 11.5 Å². The number of hydrogen-bond donors (Lipinski definition) is 1. The molecule has 2 heterocycles. The van der Waals surface area contributed by atoms with Crippen LogP contribution in [-0.4, -0.2) is 48.7 Å². The van der Waals surface area contributed by atoms with E-state index < -0.39 is 30.0 Å². The zero-order chi connectivity index (χ0) is 20.5. The van der Waals surface area contributed by atoms with Gasteiger partial charge >= 0.3 is 24.1 Å². The van der Waals surface area contributed by atoms with Crippen LogP contribution in [0.25, 0.3) is 0 Å². The number of benzene rings is 1. The van der Waals surface area contributed by atoms with E-state index in [1.165, 1.54) is 12.1 Å². The molecular weight excluding hydrogens is 405 g/mol. The highest BCUT2D eigenvalue weighted by atomic mass is 35.5. The number of nitrogens with zero attached hydrogens (tertiary/aromatic N) is 1. The molecule has 1 fully saturated rings. The number of esters is 1. The van der Waals surface area contributed by atoms with Gasteiger partial charge < -0.3 is 19.1 Å². The normalized spacial score (nSPS) is 24.0. The van der Waals surface area contributed by atoms with Crippen molar-refractivity contribution in [3.63, 3.8) is 0 Å². The zero-order valence-electron chi connectivity index (χ0n) is 14.8. The molecule has 2 aliphatic rings. The number of halogens is 4. The molecule has 0 radical (unpaired) electrons. The van der Waals surface area contributed by atoms with Gasteiger partial charge in [-0.05, 0) is 31.9 Å². The first-order valence-electron chi connectivity index (χ1n) is 8.63. The number of fused-ring (bicyclic) bond motifs is 1. The molecule has 28 heavy (non-hydrogen) atoms. The van der Waals surface area contributed by atoms with Crippen molar-refractivity contribution in [2.24, 2.45) is 5.92 Å². The SMILES string of the molecule is CCOC(=O)C1CCCN(C(=O)NC2(C(F)(F)F)Oc3ccc(Cl)cc3O2)C1. The van der Waals surface area contributed by atoms with Crippen LogP contribution in [0.3, 0.4) is 0 Å². The van der Waals surface area contributed by atoms with E-state index in [1.54, 1.807) is 12.2 Å². The monoisotopic (exact) mass is 422 g/mol. The molecule has 1 N–H and O–H groups in total. The summed E-state index contributed by atoms with van der Waals surface area (Å²) in [5.74, 6) is -4.91. The number of hydrogen-bond acceptors (Lipinski definition) is 5. The van der Waals surface area contributed by atoms with E-state index in [1.807, 2.05) is 0 Å². The van der Waals surface area contributed by atoms with Crippen molar-refractivity contribution in [1.29, 1.82) is 0 Å². The Hall–Kier alpha value is -2.36. The Labute approximate surface area is 163 Å². The number of carbonyl (C=O) groups is 2. The maximum Gasteiger partial charge on any atom is 0.492 e. The number of amides is 2. The van der Waals surface area contributed by atoms with Crippen LogP contribution in [0.4, 0.5) is 18.0 Å². The predicted molar refractivity (Wildman–Crippen MR) is 91.0 cm³/mol. The van der Waals surface area contributed by atoms with E-state index in [0.717, 1.165) is 11.0 Å². The standard InChI is InChI=1S/C17H18ClF3N2O5/c1-2-26-14(24)10-4-3-7-23(9-10)15(25)22-17(16(19,20)21)27-12-6-5-11(18)8-13(12)28-17/h5-6,8,10H,2-4,7,9H2,1H3,(H,22,25). The highest BCUT2D eigenvalue weighted by Crippen LogP contribution is 2.46. The Morgan fingerprint density at radius 2 is 2.07 bits per heavy atom. The lowest BCUT2D eigenvalue weighted by Gasteiger charge is -2.35. The molecule has 0 saturated carbocycles. The molecule has 0 bridgehead atoms. The first kappa shape index (κ1) is 20.4. The van der Waals surface area contributed by atoms with Crippen molar-refractivity contribution in [3.05, 3.63) is 23.2 Å². The van der Waals surface area contributed by atoms with Crippen LogP contribution < -0.4 is 14.8 Å². The number of piperidine rings is 1. The van der Waals surface area contributed by atoms with Gasteiger partial charge in [0, 0.05) is 24.2 Å². The third-order valence-corrected chi connectivity index (χ3v) is 4.62. The average molecular weight is 423 g/mol. The Kier molecular flexibility index (Phi) is 5.51. The molecule has 0 aliphatic carbocycles. The minimum atomic E-state index is -5.08. The third-order valence-electron chi connectivity index (χ3n) is 4.39. The molecule has 1 aromatic carbocycles. The fourth-order valence-electron chi connectivity index (χ4n) is 3.05. The first-order valence-corrected chi connectivity index (χ1v) is 9.01. The quantitative estimate of drug-likeness (QED) is 0.756. The molecule has 11 heteroatoms. The molecule has 0 aromatic heterocycles. The summed E-state index contributed by atoms with van der Waals surface area (Å²) in [7, 11) is 0. The maximum atomic E-state index is 13.7. The van der Waals surface area contributed by atoms with Gasteiger partial charge in [0.25, 0.3) is 0 Å². The zero-order valence-corrected chi connectivity index (χ0v) is 15.6. The molecule has 1 aromatic rings. The summed E-state index contributed by atoms with van der Waals surface area (Å²) in [5.41, 5.74) is 0. The van der Waals surface area contributed by atoms with Crippen molar-refractivity contribution < 1.29 is 37.0 Å². The molecule has 2 unspecified atom stereocenters. The van der Waals surface area contributed by atoms with Gasteiger partial charge in [-0.3, -0.25) is 10.1 Å². The van der Waals surface area contributed by atoms with E-state index in [4.69, 9.17) is 25.8 Å². The van der Waals surface area contributed by atoms with Crippen LogP contribution in [-0.2, 0) is 9.53 Å². The largest absolute Gasteiger partial charge is 0.492 e. The summed E-state index contributed by atoms with van der Waals surface area (Å²) in [6.45, 7) is 1.96. The maximum absolute atomic E-state index is 13.7. The molecule has 3 rings (SSSR count). The van der Waals surface area contributed by atoms with Crippen LogP contribution in [0.5, 0.6) is 11.5 Å². The van der Waals surface area contributed by atoms with Crippen molar-refractivity contribution in [2.45, 2.75) is 31.9 Å². The number of urea groups is 1. The van der Waals surface area contributed by atoms with Gasteiger partial charge in [-0.2, -0.15) is 13.2 Å². The Bertz CT molecular complexity index is 776. The second-order valence-electron chi connectivity index (χ2n) is 6.38. The van der Waals surface area contributed by atoms with Crippen LogP contribution >= 0.6 is 11.6 Å². The summed E-state index contributed by atoms with van der Waals surface area (Å²) in [6.07, 6.45) is -4.14. The highest BCUT2D eigenvalue weighted by molar-refractivity contribution is 6.30. The van der Waals surface area contributed by atoms with Gasteiger partial charge in [0.15, 0.2) is 11.5 Å². The average Bonchev–Trinajstić information content (AvgIpc) is 3.00. The van der Waals surface area contributed by atoms with Gasteiger partial charge in [0.05, 0.1) is 12.5 Å². The van der Waals surface area contributed by atoms with Crippen molar-refractivity contribution >= 4 is 23.6 Å². The van der Waals surface area contributed by atoms with E-state index >= 15 is 0 Å². The Morgan fingerprint density at radius 3 is 2.75 bits per heavy atom. The van der Waals surface area contributed by atoms with Gasteiger partial charge in [-0.15, -0.1) is 0 Å². The number of rotatable bonds is 3. The lowest BCUT2D eigenvalue weighted by molar-refractivity contribution is -0.318. The molecule has 7 nitrogen and oxygen atoms in total. The summed E-state index contributed by atoms with van der Waals surface area (Å²) in [6, 6.07) is 2.65. The number of ether oxygens (including phenoxy) is 3. The van der Waals surface area contributed by atoms with Crippen molar-refractivity contribution in [1.82, 2.24) is 10.2 Å². The Morgan fingerprint density at radius 1 is 1.36 bits per heavy atom. The smallest absolute Gasteiger partial charge is 0.466 e. The molecule has 0 spiro atoms. The molecular formula is C17H18ClF3N2O5. The fraction of sp³-hybridized carbons (Fsp3) is 0.529. The summed E-state index contributed by atoms with van der Waals surface area (Å²) in [4.78, 5) is 25.5. The highest BCUT2D eigenvalue weighted by Gasteiger charge is 2.66. The van der Waals surface area contributed by atoms with Gasteiger partial charge in [-0.25, -0.2) is 4.79 Å². The van der Waals surface area contributed by atoms with E-state index in [9.17, 15) is 22.8 Å². The van der Waals surface area contributed by atoms with E-state index in [2.05, 4.69) is 0 Å². The number of alkyl halides is 3. The fourth-order valence-corrected chi connectivity index (χ4v) is 3.21. The number of nitrogens with one attached hydrogen (secondary N) is 1. The lowest BCUT2D eigenvalue weighted by Crippen LogP contribution is -2.67. The van der Waals surface area contributed by atoms with E-state index in [-0.39, 0.29) is 36.2 Å². The molecule has 2 amide bonds. The van der Waals surface area contributed by atoms with Crippen LogP contribution in [0.1, 0.15) is 19.8 Å². The molecule has 2 atom stereocenters. The third kappa shape index (κ3) is 3.91. The number of likely N-dealkylation sites (tertiary alicyclic amines) is 1.